The molecule has 1 unspecified atom stereocenters. The number of nitrogens with zero attached hydrogens (tertiary/aromatic N) is 2. The predicted molar refractivity (Wildman–Crippen MR) is 118 cm³/mol. The van der Waals surface area contributed by atoms with Crippen molar-refractivity contribution in [3.05, 3.63) is 59.8 Å². The zero-order valence-electron chi connectivity index (χ0n) is 16.4. The first-order valence-corrected chi connectivity index (χ1v) is 10.7. The average molecular weight is 420 g/mol. The maximum absolute atomic E-state index is 12.5. The lowest BCUT2D eigenvalue weighted by atomic mass is 10.1. The van der Waals surface area contributed by atoms with Gasteiger partial charge >= 0.3 is 0 Å². The van der Waals surface area contributed by atoms with Crippen molar-refractivity contribution in [2.24, 2.45) is 0 Å². The van der Waals surface area contributed by atoms with E-state index >= 15 is 0 Å². The van der Waals surface area contributed by atoms with Crippen molar-refractivity contribution in [1.29, 1.82) is 0 Å². The molecule has 1 atom stereocenters. The van der Waals surface area contributed by atoms with Crippen molar-refractivity contribution in [1.82, 2.24) is 25.3 Å². The number of hydrogen-bond acceptors (Lipinski definition) is 5. The van der Waals surface area contributed by atoms with E-state index in [2.05, 4.69) is 16.0 Å². The van der Waals surface area contributed by atoms with E-state index < -0.39 is 0 Å². The lowest BCUT2D eigenvalue weighted by Crippen LogP contribution is -2.36. The number of hydrogen-bond donors (Lipinski definition) is 3. The minimum absolute atomic E-state index is 0.0338. The molecular formula is C22H21N5O2S. The second-order valence-corrected chi connectivity index (χ2v) is 8.39. The molecule has 0 saturated carbocycles. The van der Waals surface area contributed by atoms with E-state index in [1.54, 1.807) is 30.5 Å². The fraction of sp³-hybridized carbons (Fsp3) is 0.227. The molecule has 3 heterocycles. The molecule has 152 valence electrons. The standard InChI is InChI=1S/C22H21N5O2S/c1-23-20(28)14-4-2-13(3-5-14)17-12-27-18-7-6-15(10-19(18)30-22(27)26-17)21(29)25-16-8-9-24-11-16/h2-7,10,12,16,24H,8-9,11H2,1H3,(H,23,28)(H,25,29). The summed E-state index contributed by atoms with van der Waals surface area (Å²) in [5.74, 6) is -0.143. The monoisotopic (exact) mass is 419 g/mol. The molecule has 0 bridgehead atoms. The minimum atomic E-state index is -0.109. The maximum Gasteiger partial charge on any atom is 0.251 e. The number of benzene rings is 2. The number of carbonyl (C=O) groups is 2. The van der Waals surface area contributed by atoms with Crippen molar-refractivity contribution >= 4 is 38.3 Å². The molecule has 0 radical (unpaired) electrons. The van der Waals surface area contributed by atoms with E-state index in [9.17, 15) is 9.59 Å². The number of aromatic nitrogens is 2. The molecule has 0 spiro atoms. The van der Waals surface area contributed by atoms with Crippen LogP contribution in [0.25, 0.3) is 26.4 Å². The van der Waals surface area contributed by atoms with Crippen LogP contribution in [0.2, 0.25) is 0 Å². The van der Waals surface area contributed by atoms with Crippen molar-refractivity contribution in [2.45, 2.75) is 12.5 Å². The fourth-order valence-electron chi connectivity index (χ4n) is 3.76. The van der Waals surface area contributed by atoms with E-state index in [1.165, 1.54) is 0 Å². The molecule has 4 aromatic rings. The third-order valence-electron chi connectivity index (χ3n) is 5.42. The first kappa shape index (κ1) is 18.8. The quantitative estimate of drug-likeness (QED) is 0.475. The Morgan fingerprint density at radius 3 is 2.67 bits per heavy atom. The summed E-state index contributed by atoms with van der Waals surface area (Å²) < 4.78 is 3.07. The van der Waals surface area contributed by atoms with Gasteiger partial charge in [0.1, 0.15) is 0 Å². The zero-order valence-corrected chi connectivity index (χ0v) is 17.3. The smallest absolute Gasteiger partial charge is 0.251 e. The largest absolute Gasteiger partial charge is 0.355 e. The van der Waals surface area contributed by atoms with Gasteiger partial charge in [0.25, 0.3) is 11.8 Å². The number of carbonyl (C=O) groups excluding carboxylic acids is 2. The van der Waals surface area contributed by atoms with Crippen LogP contribution >= 0.6 is 11.3 Å². The Bertz CT molecular complexity index is 1250. The van der Waals surface area contributed by atoms with Gasteiger partial charge in [-0.15, -0.1) is 0 Å². The van der Waals surface area contributed by atoms with Gasteiger partial charge in [0, 0.05) is 42.5 Å². The van der Waals surface area contributed by atoms with Gasteiger partial charge in [-0.2, -0.15) is 0 Å². The SMILES string of the molecule is CNC(=O)c1ccc(-c2cn3c(n2)sc2cc(C(=O)NC4CCNC4)ccc23)cc1. The Morgan fingerprint density at radius 1 is 1.13 bits per heavy atom. The summed E-state index contributed by atoms with van der Waals surface area (Å²) in [5, 5.41) is 8.97. The van der Waals surface area contributed by atoms with Gasteiger partial charge in [-0.25, -0.2) is 4.98 Å². The summed E-state index contributed by atoms with van der Waals surface area (Å²) in [6.07, 6.45) is 2.96. The van der Waals surface area contributed by atoms with Crippen molar-refractivity contribution in [2.75, 3.05) is 20.1 Å². The average Bonchev–Trinajstić information content (AvgIpc) is 3.49. The maximum atomic E-state index is 12.5. The number of nitrogens with one attached hydrogen (secondary N) is 3. The number of rotatable bonds is 4. The molecule has 2 aromatic heterocycles. The third-order valence-corrected chi connectivity index (χ3v) is 6.44. The second-order valence-electron chi connectivity index (χ2n) is 7.38. The third kappa shape index (κ3) is 3.34. The molecule has 1 fully saturated rings. The van der Waals surface area contributed by atoms with Crippen molar-refractivity contribution < 1.29 is 9.59 Å². The molecule has 1 aliphatic rings. The Balaban J connectivity index is 1.43. The minimum Gasteiger partial charge on any atom is -0.355 e. The molecule has 7 nitrogen and oxygen atoms in total. The molecule has 0 aliphatic carbocycles. The summed E-state index contributed by atoms with van der Waals surface area (Å²) in [5.41, 5.74) is 4.11. The topological polar surface area (TPSA) is 87.5 Å². The lowest BCUT2D eigenvalue weighted by Gasteiger charge is -2.11. The van der Waals surface area contributed by atoms with E-state index in [-0.39, 0.29) is 17.9 Å². The number of fused-ring (bicyclic) bond motifs is 3. The van der Waals surface area contributed by atoms with Crippen LogP contribution < -0.4 is 16.0 Å². The van der Waals surface area contributed by atoms with Crippen LogP contribution in [0, 0.1) is 0 Å². The second kappa shape index (κ2) is 7.55. The van der Waals surface area contributed by atoms with Crippen LogP contribution in [0.1, 0.15) is 27.1 Å². The normalized spacial score (nSPS) is 16.2. The van der Waals surface area contributed by atoms with E-state index in [4.69, 9.17) is 4.98 Å². The van der Waals surface area contributed by atoms with Gasteiger partial charge in [-0.3, -0.25) is 14.0 Å². The molecule has 8 heteroatoms. The highest BCUT2D eigenvalue weighted by molar-refractivity contribution is 7.23. The molecule has 5 rings (SSSR count). The van der Waals surface area contributed by atoms with Gasteiger partial charge in [-0.1, -0.05) is 23.5 Å². The molecule has 1 saturated heterocycles. The summed E-state index contributed by atoms with van der Waals surface area (Å²) in [6, 6.07) is 13.4. The Hall–Kier alpha value is -3.23. The number of amides is 2. The highest BCUT2D eigenvalue weighted by atomic mass is 32.1. The Labute approximate surface area is 177 Å². The Morgan fingerprint density at radius 2 is 1.93 bits per heavy atom. The Kier molecular flexibility index (Phi) is 4.72. The lowest BCUT2D eigenvalue weighted by molar-refractivity contribution is 0.0937. The summed E-state index contributed by atoms with van der Waals surface area (Å²) >= 11 is 1.56. The van der Waals surface area contributed by atoms with E-state index in [0.29, 0.717) is 11.1 Å². The van der Waals surface area contributed by atoms with Crippen LogP contribution in [0.3, 0.4) is 0 Å². The van der Waals surface area contributed by atoms with Gasteiger partial charge in [-0.05, 0) is 43.3 Å². The number of imidazole rings is 1. The number of thiazole rings is 1. The molecule has 3 N–H and O–H groups in total. The molecule has 2 amide bonds. The van der Waals surface area contributed by atoms with Gasteiger partial charge in [0.05, 0.1) is 15.9 Å². The van der Waals surface area contributed by atoms with Gasteiger partial charge < -0.3 is 16.0 Å². The van der Waals surface area contributed by atoms with Crippen LogP contribution in [0.5, 0.6) is 0 Å². The highest BCUT2D eigenvalue weighted by Gasteiger charge is 2.18. The van der Waals surface area contributed by atoms with Crippen LogP contribution in [0.15, 0.2) is 48.7 Å². The fourth-order valence-corrected chi connectivity index (χ4v) is 4.81. The summed E-state index contributed by atoms with van der Waals surface area (Å²) in [4.78, 5) is 29.9. The predicted octanol–water partition coefficient (Wildman–Crippen LogP) is 2.67. The van der Waals surface area contributed by atoms with Crippen LogP contribution in [-0.4, -0.2) is 47.4 Å². The molecule has 2 aromatic carbocycles. The van der Waals surface area contributed by atoms with E-state index in [1.807, 2.05) is 40.9 Å². The van der Waals surface area contributed by atoms with Gasteiger partial charge in [0.2, 0.25) is 0 Å². The first-order chi connectivity index (χ1) is 14.6. The molecule has 1 aliphatic heterocycles. The highest BCUT2D eigenvalue weighted by Crippen LogP contribution is 2.30. The molecular weight excluding hydrogens is 398 g/mol. The zero-order chi connectivity index (χ0) is 20.7. The van der Waals surface area contributed by atoms with E-state index in [0.717, 1.165) is 45.9 Å². The van der Waals surface area contributed by atoms with Crippen molar-refractivity contribution in [3.8, 4) is 11.3 Å². The summed E-state index contributed by atoms with van der Waals surface area (Å²) in [6.45, 7) is 1.77. The summed E-state index contributed by atoms with van der Waals surface area (Å²) in [7, 11) is 1.62. The van der Waals surface area contributed by atoms with Gasteiger partial charge in [0.15, 0.2) is 4.96 Å². The first-order valence-electron chi connectivity index (χ1n) is 9.88. The van der Waals surface area contributed by atoms with Crippen LogP contribution in [0.4, 0.5) is 0 Å². The van der Waals surface area contributed by atoms with Crippen LogP contribution in [-0.2, 0) is 0 Å². The van der Waals surface area contributed by atoms with Crippen molar-refractivity contribution in [3.63, 3.8) is 0 Å². The molecule has 30 heavy (non-hydrogen) atoms.